The van der Waals surface area contributed by atoms with Crippen molar-refractivity contribution in [2.45, 2.75) is 13.5 Å². The van der Waals surface area contributed by atoms with E-state index in [-0.39, 0.29) is 16.9 Å². The average Bonchev–Trinajstić information content (AvgIpc) is 2.76. The number of hydrogen-bond acceptors (Lipinski definition) is 5. The average molecular weight is 290 g/mol. The molecule has 2 aromatic rings. The standard InChI is InChI=1S/C13H14N4O4/c1-8-9(7-15-16(8)2)6-14-12-5-10(17(20)21)3-4-11(12)13(18)19/h3-5,7,14H,6H2,1-2H3,(H,18,19). The van der Waals surface area contributed by atoms with Crippen molar-refractivity contribution in [2.75, 3.05) is 5.32 Å². The van der Waals surface area contributed by atoms with Gasteiger partial charge >= 0.3 is 5.97 Å². The predicted octanol–water partition coefficient (Wildman–Crippen LogP) is 1.95. The highest BCUT2D eigenvalue weighted by Crippen LogP contribution is 2.23. The first-order chi connectivity index (χ1) is 9.90. The van der Waals surface area contributed by atoms with E-state index < -0.39 is 10.9 Å². The molecule has 1 aromatic carbocycles. The summed E-state index contributed by atoms with van der Waals surface area (Å²) in [5, 5.41) is 26.9. The lowest BCUT2D eigenvalue weighted by Crippen LogP contribution is -2.07. The molecule has 0 amide bonds. The Morgan fingerprint density at radius 1 is 1.52 bits per heavy atom. The number of aromatic nitrogens is 2. The van der Waals surface area contributed by atoms with Crippen LogP contribution in [0.25, 0.3) is 0 Å². The molecule has 110 valence electrons. The van der Waals surface area contributed by atoms with Crippen molar-refractivity contribution in [2.24, 2.45) is 7.05 Å². The van der Waals surface area contributed by atoms with E-state index in [1.54, 1.807) is 17.9 Å². The van der Waals surface area contributed by atoms with Crippen LogP contribution in [-0.2, 0) is 13.6 Å². The Bertz CT molecular complexity index is 708. The number of nitro benzene ring substituents is 1. The predicted molar refractivity (Wildman–Crippen MR) is 75.3 cm³/mol. The minimum Gasteiger partial charge on any atom is -0.478 e. The van der Waals surface area contributed by atoms with Crippen molar-refractivity contribution in [3.8, 4) is 0 Å². The van der Waals surface area contributed by atoms with Crippen LogP contribution in [0.3, 0.4) is 0 Å². The number of non-ortho nitro benzene ring substituents is 1. The number of benzene rings is 1. The summed E-state index contributed by atoms with van der Waals surface area (Å²) in [6, 6.07) is 3.61. The number of carboxylic acid groups (broad SMARTS) is 1. The molecule has 8 heteroatoms. The second kappa shape index (κ2) is 5.61. The fourth-order valence-corrected chi connectivity index (χ4v) is 1.89. The molecular weight excluding hydrogens is 276 g/mol. The number of rotatable bonds is 5. The molecule has 0 aliphatic carbocycles. The van der Waals surface area contributed by atoms with Gasteiger partial charge in [-0.15, -0.1) is 0 Å². The van der Waals surface area contributed by atoms with Crippen molar-refractivity contribution >= 4 is 17.3 Å². The van der Waals surface area contributed by atoms with Gasteiger partial charge in [0, 0.05) is 37.0 Å². The SMILES string of the molecule is Cc1c(CNc2cc([N+](=O)[O-])ccc2C(=O)O)cnn1C. The zero-order valence-corrected chi connectivity index (χ0v) is 11.5. The maximum absolute atomic E-state index is 11.2. The van der Waals surface area contributed by atoms with E-state index in [9.17, 15) is 14.9 Å². The normalized spacial score (nSPS) is 10.4. The number of aryl methyl sites for hydroxylation is 1. The first kappa shape index (κ1) is 14.5. The Labute approximate surface area is 120 Å². The first-order valence-corrected chi connectivity index (χ1v) is 6.13. The van der Waals surface area contributed by atoms with E-state index in [4.69, 9.17) is 5.11 Å². The van der Waals surface area contributed by atoms with Gasteiger partial charge < -0.3 is 10.4 Å². The first-order valence-electron chi connectivity index (χ1n) is 6.13. The van der Waals surface area contributed by atoms with Crippen LogP contribution in [0.5, 0.6) is 0 Å². The van der Waals surface area contributed by atoms with Gasteiger partial charge in [-0.25, -0.2) is 4.79 Å². The minimum atomic E-state index is -1.14. The molecule has 1 aromatic heterocycles. The van der Waals surface area contributed by atoms with E-state index in [2.05, 4.69) is 10.4 Å². The molecule has 0 spiro atoms. The summed E-state index contributed by atoms with van der Waals surface area (Å²) >= 11 is 0. The molecule has 1 heterocycles. The number of carbonyl (C=O) groups is 1. The maximum atomic E-state index is 11.2. The van der Waals surface area contributed by atoms with Crippen LogP contribution in [0.1, 0.15) is 21.6 Å². The van der Waals surface area contributed by atoms with E-state index >= 15 is 0 Å². The summed E-state index contributed by atoms with van der Waals surface area (Å²) in [4.78, 5) is 21.4. The van der Waals surface area contributed by atoms with Crippen molar-refractivity contribution < 1.29 is 14.8 Å². The van der Waals surface area contributed by atoms with E-state index in [0.29, 0.717) is 6.54 Å². The van der Waals surface area contributed by atoms with Gasteiger partial charge in [0.15, 0.2) is 0 Å². The molecule has 8 nitrogen and oxygen atoms in total. The summed E-state index contributed by atoms with van der Waals surface area (Å²) in [5.41, 5.74) is 1.86. The van der Waals surface area contributed by atoms with Gasteiger partial charge in [-0.2, -0.15) is 5.10 Å². The molecule has 0 saturated carbocycles. The lowest BCUT2D eigenvalue weighted by Gasteiger charge is -2.09. The summed E-state index contributed by atoms with van der Waals surface area (Å²) < 4.78 is 1.70. The topological polar surface area (TPSA) is 110 Å². The summed E-state index contributed by atoms with van der Waals surface area (Å²) in [5.74, 6) is -1.14. The molecule has 21 heavy (non-hydrogen) atoms. The van der Waals surface area contributed by atoms with Gasteiger partial charge in [-0.05, 0) is 13.0 Å². The lowest BCUT2D eigenvalue weighted by molar-refractivity contribution is -0.384. The van der Waals surface area contributed by atoms with Crippen LogP contribution in [0.15, 0.2) is 24.4 Å². The minimum absolute atomic E-state index is 0.0119. The summed E-state index contributed by atoms with van der Waals surface area (Å²) in [7, 11) is 1.80. The smallest absolute Gasteiger partial charge is 0.337 e. The number of nitrogens with one attached hydrogen (secondary N) is 1. The Hall–Kier alpha value is -2.90. The molecule has 2 N–H and O–H groups in total. The van der Waals surface area contributed by atoms with Gasteiger partial charge in [-0.1, -0.05) is 0 Å². The number of anilines is 1. The summed E-state index contributed by atoms with van der Waals surface area (Å²) in [6.45, 7) is 2.22. The molecule has 0 unspecified atom stereocenters. The third-order valence-corrected chi connectivity index (χ3v) is 3.25. The number of carboxylic acids is 1. The summed E-state index contributed by atoms with van der Waals surface area (Å²) in [6.07, 6.45) is 1.67. The Morgan fingerprint density at radius 3 is 2.76 bits per heavy atom. The zero-order chi connectivity index (χ0) is 15.6. The van der Waals surface area contributed by atoms with Gasteiger partial charge in [0.05, 0.1) is 22.4 Å². The second-order valence-corrected chi connectivity index (χ2v) is 4.52. The highest BCUT2D eigenvalue weighted by molar-refractivity contribution is 5.94. The molecule has 0 saturated heterocycles. The zero-order valence-electron chi connectivity index (χ0n) is 11.5. The number of hydrogen-bond donors (Lipinski definition) is 2. The van der Waals surface area contributed by atoms with Crippen LogP contribution in [0, 0.1) is 17.0 Å². The molecule has 0 bridgehead atoms. The van der Waals surface area contributed by atoms with Crippen LogP contribution in [0.4, 0.5) is 11.4 Å². The van der Waals surface area contributed by atoms with Crippen LogP contribution >= 0.6 is 0 Å². The fraction of sp³-hybridized carbons (Fsp3) is 0.231. The molecule has 0 fully saturated rings. The quantitative estimate of drug-likeness (QED) is 0.643. The molecule has 0 atom stereocenters. The third kappa shape index (κ3) is 2.99. The van der Waals surface area contributed by atoms with Crippen molar-refractivity contribution in [1.82, 2.24) is 9.78 Å². The van der Waals surface area contributed by atoms with Crippen LogP contribution < -0.4 is 5.32 Å². The van der Waals surface area contributed by atoms with E-state index in [0.717, 1.165) is 11.3 Å². The molecule has 0 radical (unpaired) electrons. The fourth-order valence-electron chi connectivity index (χ4n) is 1.89. The Balaban J connectivity index is 2.28. The Morgan fingerprint density at radius 2 is 2.24 bits per heavy atom. The molecular formula is C13H14N4O4. The molecule has 0 aliphatic heterocycles. The van der Waals surface area contributed by atoms with E-state index in [1.807, 2.05) is 6.92 Å². The van der Waals surface area contributed by atoms with Gasteiger partial charge in [0.2, 0.25) is 0 Å². The van der Waals surface area contributed by atoms with Crippen LogP contribution in [-0.4, -0.2) is 25.8 Å². The van der Waals surface area contributed by atoms with Crippen molar-refractivity contribution in [1.29, 1.82) is 0 Å². The Kier molecular flexibility index (Phi) is 3.88. The highest BCUT2D eigenvalue weighted by Gasteiger charge is 2.15. The largest absolute Gasteiger partial charge is 0.478 e. The van der Waals surface area contributed by atoms with Crippen molar-refractivity contribution in [3.63, 3.8) is 0 Å². The number of nitro groups is 1. The van der Waals surface area contributed by atoms with Crippen molar-refractivity contribution in [3.05, 3.63) is 51.3 Å². The monoisotopic (exact) mass is 290 g/mol. The molecule has 0 aliphatic rings. The number of nitrogens with zero attached hydrogens (tertiary/aromatic N) is 3. The van der Waals surface area contributed by atoms with Crippen LogP contribution in [0.2, 0.25) is 0 Å². The third-order valence-electron chi connectivity index (χ3n) is 3.25. The van der Waals surface area contributed by atoms with Gasteiger partial charge in [0.1, 0.15) is 0 Å². The van der Waals surface area contributed by atoms with E-state index in [1.165, 1.54) is 18.2 Å². The maximum Gasteiger partial charge on any atom is 0.337 e. The molecule has 2 rings (SSSR count). The second-order valence-electron chi connectivity index (χ2n) is 4.52. The lowest BCUT2D eigenvalue weighted by atomic mass is 10.1. The number of aromatic carboxylic acids is 1. The van der Waals surface area contributed by atoms with Gasteiger partial charge in [-0.3, -0.25) is 14.8 Å². The van der Waals surface area contributed by atoms with Gasteiger partial charge in [0.25, 0.3) is 5.69 Å². The highest BCUT2D eigenvalue weighted by atomic mass is 16.6.